The first-order valence-corrected chi connectivity index (χ1v) is 8.13. The zero-order valence-electron chi connectivity index (χ0n) is 9.54. The van der Waals surface area contributed by atoms with E-state index in [-0.39, 0.29) is 11.4 Å². The number of amides is 1. The predicted octanol–water partition coefficient (Wildman–Crippen LogP) is 1.22. The lowest BCUT2D eigenvalue weighted by atomic mass is 9.75. The molecule has 92 valence electrons. The third-order valence-electron chi connectivity index (χ3n) is 3.27. The van der Waals surface area contributed by atoms with Crippen LogP contribution in [0.1, 0.15) is 25.7 Å². The van der Waals surface area contributed by atoms with Crippen LogP contribution in [-0.2, 0) is 4.79 Å². The molecule has 0 aromatic heterocycles. The molecule has 2 aliphatic rings. The summed E-state index contributed by atoms with van der Waals surface area (Å²) < 4.78 is 0. The van der Waals surface area contributed by atoms with Crippen LogP contribution < -0.4 is 11.1 Å². The average molecular weight is 260 g/mol. The maximum Gasteiger partial charge on any atom is 0.221 e. The molecule has 0 radical (unpaired) electrons. The number of nitrogens with two attached hydrogens (primary N) is 1. The molecule has 0 bridgehead atoms. The molecular weight excluding hydrogens is 240 g/mol. The Morgan fingerprint density at radius 1 is 1.44 bits per heavy atom. The fourth-order valence-corrected chi connectivity index (χ4v) is 4.68. The minimum Gasteiger partial charge on any atom is -0.355 e. The molecule has 3 nitrogen and oxygen atoms in total. The van der Waals surface area contributed by atoms with Gasteiger partial charge < -0.3 is 11.1 Å². The molecule has 2 fully saturated rings. The smallest absolute Gasteiger partial charge is 0.221 e. The van der Waals surface area contributed by atoms with Crippen molar-refractivity contribution in [3.8, 4) is 0 Å². The van der Waals surface area contributed by atoms with E-state index in [1.807, 2.05) is 23.5 Å². The summed E-state index contributed by atoms with van der Waals surface area (Å²) >= 11 is 3.96. The Kier molecular flexibility index (Phi) is 4.44. The van der Waals surface area contributed by atoms with Crippen molar-refractivity contribution in [1.29, 1.82) is 0 Å². The third-order valence-corrected chi connectivity index (χ3v) is 6.12. The molecule has 3 N–H and O–H groups in total. The zero-order chi connectivity index (χ0) is 11.4. The summed E-state index contributed by atoms with van der Waals surface area (Å²) in [4.78, 5) is 11.7. The standard InChI is InChI=1S/C11H20N2OS2/c12-11(2-1-3-11)6-10(14)13-7-9-8-15-4-5-16-9/h9H,1-8,12H2,(H,13,14). The highest BCUT2D eigenvalue weighted by Crippen LogP contribution is 2.32. The van der Waals surface area contributed by atoms with Gasteiger partial charge in [0.2, 0.25) is 5.91 Å². The quantitative estimate of drug-likeness (QED) is 0.798. The second-order valence-corrected chi connectivity index (χ2v) is 7.32. The highest BCUT2D eigenvalue weighted by Gasteiger charge is 2.34. The van der Waals surface area contributed by atoms with E-state index < -0.39 is 0 Å². The molecule has 0 spiro atoms. The number of carbonyl (C=O) groups excluding carboxylic acids is 1. The van der Waals surface area contributed by atoms with Crippen molar-refractivity contribution in [2.45, 2.75) is 36.5 Å². The van der Waals surface area contributed by atoms with Crippen LogP contribution in [0, 0.1) is 0 Å². The number of nitrogens with one attached hydrogen (secondary N) is 1. The van der Waals surface area contributed by atoms with Gasteiger partial charge in [-0.3, -0.25) is 4.79 Å². The van der Waals surface area contributed by atoms with Gasteiger partial charge in [0, 0.05) is 41.0 Å². The molecule has 5 heteroatoms. The minimum atomic E-state index is -0.182. The molecule has 1 aliphatic heterocycles. The molecule has 1 saturated heterocycles. The highest BCUT2D eigenvalue weighted by molar-refractivity contribution is 8.06. The molecular formula is C11H20N2OS2. The van der Waals surface area contributed by atoms with Gasteiger partial charge in [-0.2, -0.15) is 23.5 Å². The first-order valence-electron chi connectivity index (χ1n) is 5.93. The van der Waals surface area contributed by atoms with Gasteiger partial charge in [0.25, 0.3) is 0 Å². The Morgan fingerprint density at radius 3 is 2.81 bits per heavy atom. The number of carbonyl (C=O) groups is 1. The number of rotatable bonds is 4. The summed E-state index contributed by atoms with van der Waals surface area (Å²) in [5.41, 5.74) is 5.86. The lowest BCUT2D eigenvalue weighted by Gasteiger charge is -2.37. The van der Waals surface area contributed by atoms with E-state index in [0.29, 0.717) is 11.7 Å². The predicted molar refractivity (Wildman–Crippen MR) is 72.0 cm³/mol. The first-order chi connectivity index (χ1) is 7.68. The molecule has 1 amide bonds. The molecule has 1 heterocycles. The minimum absolute atomic E-state index is 0.137. The largest absolute Gasteiger partial charge is 0.355 e. The van der Waals surface area contributed by atoms with Crippen LogP contribution in [0.5, 0.6) is 0 Å². The SMILES string of the molecule is NC1(CC(=O)NCC2CSCCS2)CCC1. The van der Waals surface area contributed by atoms with Crippen LogP contribution in [0.3, 0.4) is 0 Å². The van der Waals surface area contributed by atoms with E-state index in [0.717, 1.165) is 19.4 Å². The van der Waals surface area contributed by atoms with Gasteiger partial charge in [-0.15, -0.1) is 0 Å². The summed E-state index contributed by atoms with van der Waals surface area (Å²) in [7, 11) is 0. The zero-order valence-corrected chi connectivity index (χ0v) is 11.2. The van der Waals surface area contributed by atoms with Crippen molar-refractivity contribution < 1.29 is 4.79 Å². The summed E-state index contributed by atoms with van der Waals surface area (Å²) in [6, 6.07) is 0. The van der Waals surface area contributed by atoms with Gasteiger partial charge >= 0.3 is 0 Å². The summed E-state index contributed by atoms with van der Waals surface area (Å²) in [6.07, 6.45) is 3.71. The van der Waals surface area contributed by atoms with Crippen LogP contribution in [0.25, 0.3) is 0 Å². The van der Waals surface area contributed by atoms with Crippen molar-refractivity contribution in [2.75, 3.05) is 23.8 Å². The Morgan fingerprint density at radius 2 is 2.25 bits per heavy atom. The topological polar surface area (TPSA) is 55.1 Å². The van der Waals surface area contributed by atoms with E-state index in [9.17, 15) is 4.79 Å². The Balaban J connectivity index is 1.63. The van der Waals surface area contributed by atoms with E-state index in [1.54, 1.807) is 0 Å². The monoisotopic (exact) mass is 260 g/mol. The molecule has 1 atom stereocenters. The maximum atomic E-state index is 11.7. The lowest BCUT2D eigenvalue weighted by molar-refractivity contribution is -0.122. The normalized spacial score (nSPS) is 28.2. The lowest BCUT2D eigenvalue weighted by Crippen LogP contribution is -2.50. The van der Waals surface area contributed by atoms with Gasteiger partial charge in [-0.25, -0.2) is 0 Å². The Hall–Kier alpha value is 0.130. The molecule has 0 aromatic rings. The average Bonchev–Trinajstić information content (AvgIpc) is 2.26. The molecule has 1 unspecified atom stereocenters. The van der Waals surface area contributed by atoms with Crippen LogP contribution in [0.2, 0.25) is 0 Å². The number of hydrogen-bond acceptors (Lipinski definition) is 4. The second kappa shape index (κ2) is 5.65. The van der Waals surface area contributed by atoms with Crippen LogP contribution >= 0.6 is 23.5 Å². The number of thioether (sulfide) groups is 2. The van der Waals surface area contributed by atoms with E-state index >= 15 is 0 Å². The fraction of sp³-hybridized carbons (Fsp3) is 0.909. The van der Waals surface area contributed by atoms with Crippen LogP contribution in [0.15, 0.2) is 0 Å². The molecule has 1 aliphatic carbocycles. The summed E-state index contributed by atoms with van der Waals surface area (Å²) in [6.45, 7) is 0.812. The maximum absolute atomic E-state index is 11.7. The van der Waals surface area contributed by atoms with Crippen molar-refractivity contribution >= 4 is 29.4 Å². The summed E-state index contributed by atoms with van der Waals surface area (Å²) in [5.74, 6) is 3.77. The van der Waals surface area contributed by atoms with Crippen molar-refractivity contribution in [1.82, 2.24) is 5.32 Å². The van der Waals surface area contributed by atoms with Gasteiger partial charge in [0.05, 0.1) is 0 Å². The highest BCUT2D eigenvalue weighted by atomic mass is 32.2. The van der Waals surface area contributed by atoms with E-state index in [2.05, 4.69) is 5.32 Å². The first kappa shape index (κ1) is 12.6. The molecule has 16 heavy (non-hydrogen) atoms. The third kappa shape index (κ3) is 3.57. The van der Waals surface area contributed by atoms with Gasteiger partial charge in [0.15, 0.2) is 0 Å². The second-order valence-electron chi connectivity index (χ2n) is 4.76. The van der Waals surface area contributed by atoms with Gasteiger partial charge in [0.1, 0.15) is 0 Å². The Labute approximate surface area is 106 Å². The van der Waals surface area contributed by atoms with Crippen LogP contribution in [0.4, 0.5) is 0 Å². The Bertz CT molecular complexity index is 250. The van der Waals surface area contributed by atoms with Crippen LogP contribution in [-0.4, -0.2) is 40.5 Å². The van der Waals surface area contributed by atoms with Crippen molar-refractivity contribution in [3.05, 3.63) is 0 Å². The van der Waals surface area contributed by atoms with Gasteiger partial charge in [-0.05, 0) is 19.3 Å². The molecule has 1 saturated carbocycles. The van der Waals surface area contributed by atoms with Gasteiger partial charge in [-0.1, -0.05) is 0 Å². The van der Waals surface area contributed by atoms with E-state index in [4.69, 9.17) is 5.73 Å². The van der Waals surface area contributed by atoms with Crippen molar-refractivity contribution in [3.63, 3.8) is 0 Å². The molecule has 0 aromatic carbocycles. The van der Waals surface area contributed by atoms with E-state index in [1.165, 1.54) is 23.7 Å². The summed E-state index contributed by atoms with van der Waals surface area (Å²) in [5, 5.41) is 3.62. The molecule has 2 rings (SSSR count). The number of hydrogen-bond donors (Lipinski definition) is 2. The fourth-order valence-electron chi connectivity index (χ4n) is 2.07. The van der Waals surface area contributed by atoms with Crippen molar-refractivity contribution in [2.24, 2.45) is 5.73 Å².